The zero-order valence-corrected chi connectivity index (χ0v) is 11.3. The Bertz CT molecular complexity index is 399. The summed E-state index contributed by atoms with van der Waals surface area (Å²) in [6, 6.07) is 7.83. The molecule has 0 spiro atoms. The van der Waals surface area contributed by atoms with Crippen molar-refractivity contribution in [3.8, 4) is 5.75 Å². The van der Waals surface area contributed by atoms with Gasteiger partial charge in [0.25, 0.3) is 0 Å². The van der Waals surface area contributed by atoms with Gasteiger partial charge in [-0.1, -0.05) is 26.0 Å². The van der Waals surface area contributed by atoms with Crippen LogP contribution in [0.4, 0.5) is 0 Å². The van der Waals surface area contributed by atoms with E-state index in [1.54, 1.807) is 6.92 Å². The molecule has 4 N–H and O–H groups in total. The Morgan fingerprint density at radius 1 is 1.39 bits per heavy atom. The van der Waals surface area contributed by atoms with Gasteiger partial charge in [0.15, 0.2) is 0 Å². The molecule has 0 aliphatic carbocycles. The van der Waals surface area contributed by atoms with Gasteiger partial charge >= 0.3 is 0 Å². The van der Waals surface area contributed by atoms with Crippen LogP contribution in [0.1, 0.15) is 38.7 Å². The first kappa shape index (κ1) is 14.5. The number of amides is 1. The second-order valence-electron chi connectivity index (χ2n) is 4.95. The van der Waals surface area contributed by atoms with Gasteiger partial charge < -0.3 is 16.2 Å². The van der Waals surface area contributed by atoms with E-state index in [9.17, 15) is 4.79 Å². The van der Waals surface area contributed by atoms with E-state index in [0.29, 0.717) is 11.7 Å². The Morgan fingerprint density at radius 2 is 1.94 bits per heavy atom. The lowest BCUT2D eigenvalue weighted by Crippen LogP contribution is -2.53. The van der Waals surface area contributed by atoms with Crippen LogP contribution >= 0.6 is 0 Å². The molecule has 0 aliphatic rings. The van der Waals surface area contributed by atoms with Gasteiger partial charge in [-0.2, -0.15) is 0 Å². The number of rotatable bonds is 6. The maximum Gasteiger partial charge on any atom is 0.240 e. The highest BCUT2D eigenvalue weighted by atomic mass is 16.5. The van der Waals surface area contributed by atoms with Crippen LogP contribution in [0, 0.1) is 0 Å². The first-order chi connectivity index (χ1) is 8.36. The quantitative estimate of drug-likeness (QED) is 0.807. The molecular formula is C14H22N2O2. The van der Waals surface area contributed by atoms with Crippen molar-refractivity contribution in [1.29, 1.82) is 0 Å². The van der Waals surface area contributed by atoms with E-state index in [1.807, 2.05) is 24.3 Å². The van der Waals surface area contributed by atoms with Crippen LogP contribution < -0.4 is 16.2 Å². The van der Waals surface area contributed by atoms with E-state index in [0.717, 1.165) is 6.42 Å². The van der Waals surface area contributed by atoms with Crippen LogP contribution in [0.2, 0.25) is 0 Å². The lowest BCUT2D eigenvalue weighted by Gasteiger charge is -2.20. The molecule has 0 radical (unpaired) electrons. The standard InChI is InChI=1S/C14H22N2O2/c1-4-10(2)11-5-7-12(8-6-11)18-9-14(3,16)13(15)17/h5-8,10H,4,9,16H2,1-3H3,(H2,15,17). The monoisotopic (exact) mass is 250 g/mol. The first-order valence-electron chi connectivity index (χ1n) is 6.18. The summed E-state index contributed by atoms with van der Waals surface area (Å²) in [6.45, 7) is 5.97. The van der Waals surface area contributed by atoms with Crippen molar-refractivity contribution in [3.05, 3.63) is 29.8 Å². The smallest absolute Gasteiger partial charge is 0.240 e. The highest BCUT2D eigenvalue weighted by molar-refractivity contribution is 5.84. The summed E-state index contributed by atoms with van der Waals surface area (Å²) in [5, 5.41) is 0. The second kappa shape index (κ2) is 5.87. The summed E-state index contributed by atoms with van der Waals surface area (Å²) in [5.74, 6) is 0.656. The fourth-order valence-corrected chi connectivity index (χ4v) is 1.43. The van der Waals surface area contributed by atoms with Gasteiger partial charge in [-0.15, -0.1) is 0 Å². The van der Waals surface area contributed by atoms with E-state index in [2.05, 4.69) is 13.8 Å². The molecule has 2 atom stereocenters. The largest absolute Gasteiger partial charge is 0.491 e. The second-order valence-corrected chi connectivity index (χ2v) is 4.95. The number of carbonyl (C=O) groups excluding carboxylic acids is 1. The van der Waals surface area contributed by atoms with E-state index in [-0.39, 0.29) is 6.61 Å². The van der Waals surface area contributed by atoms with E-state index in [4.69, 9.17) is 16.2 Å². The molecule has 1 amide bonds. The zero-order valence-electron chi connectivity index (χ0n) is 11.3. The van der Waals surface area contributed by atoms with E-state index >= 15 is 0 Å². The first-order valence-corrected chi connectivity index (χ1v) is 6.18. The lowest BCUT2D eigenvalue weighted by atomic mass is 9.99. The lowest BCUT2D eigenvalue weighted by molar-refractivity contribution is -0.123. The highest BCUT2D eigenvalue weighted by Gasteiger charge is 2.26. The molecule has 1 aromatic rings. The summed E-state index contributed by atoms with van der Waals surface area (Å²) in [6.07, 6.45) is 1.10. The maximum atomic E-state index is 11.0. The number of carbonyl (C=O) groups is 1. The van der Waals surface area contributed by atoms with E-state index < -0.39 is 11.4 Å². The van der Waals surface area contributed by atoms with E-state index in [1.165, 1.54) is 5.56 Å². The third-order valence-electron chi connectivity index (χ3n) is 3.16. The van der Waals surface area contributed by atoms with Gasteiger partial charge in [0.1, 0.15) is 17.9 Å². The minimum absolute atomic E-state index is 0.0744. The van der Waals surface area contributed by atoms with Gasteiger partial charge in [-0.05, 0) is 37.0 Å². The molecule has 0 aromatic heterocycles. The average Bonchev–Trinajstić information content (AvgIpc) is 2.36. The van der Waals surface area contributed by atoms with Crippen molar-refractivity contribution in [3.63, 3.8) is 0 Å². The number of hydrogen-bond donors (Lipinski definition) is 2. The van der Waals surface area contributed by atoms with Gasteiger partial charge in [0, 0.05) is 0 Å². The Labute approximate surface area is 108 Å². The third-order valence-corrected chi connectivity index (χ3v) is 3.16. The summed E-state index contributed by atoms with van der Waals surface area (Å²) < 4.78 is 5.47. The molecule has 4 nitrogen and oxygen atoms in total. The summed E-state index contributed by atoms with van der Waals surface area (Å²) >= 11 is 0. The number of hydrogen-bond acceptors (Lipinski definition) is 3. The Kier molecular flexibility index (Phi) is 4.73. The minimum Gasteiger partial charge on any atom is -0.491 e. The number of ether oxygens (including phenoxy) is 1. The predicted octanol–water partition coefficient (Wildman–Crippen LogP) is 1.78. The fourth-order valence-electron chi connectivity index (χ4n) is 1.43. The number of nitrogens with two attached hydrogens (primary N) is 2. The molecule has 100 valence electrons. The number of primary amides is 1. The Balaban J connectivity index is 2.62. The molecule has 1 aromatic carbocycles. The summed E-state index contributed by atoms with van der Waals surface area (Å²) in [7, 11) is 0. The van der Waals surface area contributed by atoms with Gasteiger partial charge in [0.05, 0.1) is 0 Å². The molecule has 2 unspecified atom stereocenters. The SMILES string of the molecule is CCC(C)c1ccc(OCC(C)(N)C(N)=O)cc1. The maximum absolute atomic E-state index is 11.0. The van der Waals surface area contributed by atoms with Gasteiger partial charge in [-0.25, -0.2) is 0 Å². The molecule has 0 aliphatic heterocycles. The minimum atomic E-state index is -1.14. The molecule has 0 saturated heterocycles. The van der Waals surface area contributed by atoms with Crippen molar-refractivity contribution in [2.75, 3.05) is 6.61 Å². The van der Waals surface area contributed by atoms with Crippen molar-refractivity contribution in [2.45, 2.75) is 38.6 Å². The topological polar surface area (TPSA) is 78.3 Å². The molecule has 0 bridgehead atoms. The predicted molar refractivity (Wildman–Crippen MR) is 72.4 cm³/mol. The van der Waals surface area contributed by atoms with Crippen LogP contribution in [0.3, 0.4) is 0 Å². The van der Waals surface area contributed by atoms with Crippen LogP contribution in [-0.2, 0) is 4.79 Å². The summed E-state index contributed by atoms with van der Waals surface area (Å²) in [5.41, 5.74) is 11.0. The van der Waals surface area contributed by atoms with Crippen molar-refractivity contribution < 1.29 is 9.53 Å². The van der Waals surface area contributed by atoms with Crippen LogP contribution in [0.5, 0.6) is 5.75 Å². The van der Waals surface area contributed by atoms with Gasteiger partial charge in [-0.3, -0.25) is 4.79 Å². The van der Waals surface area contributed by atoms with Crippen LogP contribution in [0.15, 0.2) is 24.3 Å². The van der Waals surface area contributed by atoms with Crippen LogP contribution in [0.25, 0.3) is 0 Å². The van der Waals surface area contributed by atoms with Crippen molar-refractivity contribution in [2.24, 2.45) is 11.5 Å². The highest BCUT2D eigenvalue weighted by Crippen LogP contribution is 2.21. The van der Waals surface area contributed by atoms with Crippen molar-refractivity contribution >= 4 is 5.91 Å². The Hall–Kier alpha value is -1.55. The molecular weight excluding hydrogens is 228 g/mol. The normalized spacial score (nSPS) is 15.8. The zero-order chi connectivity index (χ0) is 13.8. The molecule has 18 heavy (non-hydrogen) atoms. The molecule has 1 rings (SSSR count). The van der Waals surface area contributed by atoms with Gasteiger partial charge in [0.2, 0.25) is 5.91 Å². The van der Waals surface area contributed by atoms with Crippen molar-refractivity contribution in [1.82, 2.24) is 0 Å². The summed E-state index contributed by atoms with van der Waals surface area (Å²) in [4.78, 5) is 11.0. The fraction of sp³-hybridized carbons (Fsp3) is 0.500. The molecule has 4 heteroatoms. The number of benzene rings is 1. The van der Waals surface area contributed by atoms with Crippen LogP contribution in [-0.4, -0.2) is 18.1 Å². The Morgan fingerprint density at radius 3 is 2.39 bits per heavy atom. The molecule has 0 fully saturated rings. The average molecular weight is 250 g/mol. The third kappa shape index (κ3) is 3.74. The molecule has 0 saturated carbocycles. The molecule has 0 heterocycles.